The van der Waals surface area contributed by atoms with Crippen molar-refractivity contribution in [1.29, 1.82) is 0 Å². The monoisotopic (exact) mass is 348 g/mol. The Morgan fingerprint density at radius 2 is 1.45 bits per heavy atom. The maximum absolute atomic E-state index is 13.5. The van der Waals surface area contributed by atoms with Crippen LogP contribution >= 0.6 is 0 Å². The molecule has 1 aliphatic heterocycles. The Kier molecular flexibility index (Phi) is 5.64. The van der Waals surface area contributed by atoms with E-state index in [9.17, 15) is 35.1 Å². The van der Waals surface area contributed by atoms with Gasteiger partial charge in [-0.1, -0.05) is 0 Å². The van der Waals surface area contributed by atoms with Crippen LogP contribution in [0.4, 0.5) is 35.1 Å². The summed E-state index contributed by atoms with van der Waals surface area (Å²) in [6.45, 7) is -1.65. The first-order valence-corrected chi connectivity index (χ1v) is 5.86. The molecule has 0 aromatic rings. The van der Waals surface area contributed by atoms with Gasteiger partial charge in [0.2, 0.25) is 6.10 Å². The van der Waals surface area contributed by atoms with Crippen molar-refractivity contribution in [2.75, 3.05) is 13.2 Å². The van der Waals surface area contributed by atoms with E-state index >= 15 is 0 Å². The first-order valence-electron chi connectivity index (χ1n) is 5.86. The molecule has 1 heterocycles. The van der Waals surface area contributed by atoms with E-state index in [1.165, 1.54) is 0 Å². The van der Waals surface area contributed by atoms with Crippen LogP contribution in [0.3, 0.4) is 0 Å². The van der Waals surface area contributed by atoms with Gasteiger partial charge in [-0.05, 0) is 0 Å². The number of aliphatic hydroxyl groups is 2. The summed E-state index contributed by atoms with van der Waals surface area (Å²) in [5.41, 5.74) is 0. The quantitative estimate of drug-likeness (QED) is 0.759. The van der Waals surface area contributed by atoms with Crippen LogP contribution in [0.5, 0.6) is 0 Å². The zero-order chi connectivity index (χ0) is 17.3. The summed E-state index contributed by atoms with van der Waals surface area (Å²) < 4.78 is 109. The number of halogens is 8. The molecular formula is C10H12F8O4. The minimum Gasteiger partial charge on any atom is -0.384 e. The van der Waals surface area contributed by atoms with Crippen LogP contribution in [0.15, 0.2) is 0 Å². The number of hydrogen-bond acceptors (Lipinski definition) is 4. The maximum Gasteiger partial charge on any atom is 0.420 e. The van der Waals surface area contributed by atoms with E-state index in [0.717, 1.165) is 0 Å². The van der Waals surface area contributed by atoms with Gasteiger partial charge in [0, 0.05) is 6.42 Å². The molecule has 4 nitrogen and oxygen atoms in total. The zero-order valence-corrected chi connectivity index (χ0v) is 10.7. The summed E-state index contributed by atoms with van der Waals surface area (Å²) in [6.07, 6.45) is -23.1. The molecule has 22 heavy (non-hydrogen) atoms. The maximum atomic E-state index is 13.5. The summed E-state index contributed by atoms with van der Waals surface area (Å²) in [4.78, 5) is 0. The Bertz CT molecular complexity index is 369. The van der Waals surface area contributed by atoms with Gasteiger partial charge in [-0.3, -0.25) is 0 Å². The number of ether oxygens (including phenoxy) is 2. The molecule has 0 aromatic carbocycles. The molecule has 0 saturated carbocycles. The largest absolute Gasteiger partial charge is 0.420 e. The van der Waals surface area contributed by atoms with Gasteiger partial charge in [-0.25, -0.2) is 8.78 Å². The molecule has 0 bridgehead atoms. The molecule has 1 fully saturated rings. The molecule has 4 atom stereocenters. The van der Waals surface area contributed by atoms with Gasteiger partial charge < -0.3 is 19.7 Å². The Labute approximate surface area is 118 Å². The van der Waals surface area contributed by atoms with Gasteiger partial charge in [0.05, 0.1) is 19.3 Å². The number of rotatable bonds is 4. The molecule has 2 N–H and O–H groups in total. The highest BCUT2D eigenvalue weighted by Crippen LogP contribution is 2.37. The summed E-state index contributed by atoms with van der Waals surface area (Å²) in [5, 5.41) is 17.4. The molecule has 132 valence electrons. The molecular weight excluding hydrogens is 336 g/mol. The van der Waals surface area contributed by atoms with Crippen LogP contribution in [0.25, 0.3) is 0 Å². The second-order valence-corrected chi connectivity index (χ2v) is 4.70. The Morgan fingerprint density at radius 3 is 1.91 bits per heavy atom. The van der Waals surface area contributed by atoms with E-state index in [1.807, 2.05) is 0 Å². The summed E-state index contributed by atoms with van der Waals surface area (Å²) in [6, 6.07) is 0. The van der Waals surface area contributed by atoms with Crippen LogP contribution in [0.2, 0.25) is 0 Å². The molecule has 4 unspecified atom stereocenters. The van der Waals surface area contributed by atoms with E-state index in [-0.39, 0.29) is 0 Å². The predicted molar refractivity (Wildman–Crippen MR) is 53.2 cm³/mol. The minimum atomic E-state index is -5.65. The molecule has 0 aliphatic carbocycles. The molecule has 12 heteroatoms. The van der Waals surface area contributed by atoms with E-state index in [4.69, 9.17) is 10.2 Å². The lowest BCUT2D eigenvalue weighted by molar-refractivity contribution is -0.317. The second-order valence-electron chi connectivity index (χ2n) is 4.70. The van der Waals surface area contributed by atoms with Gasteiger partial charge in [-0.2, -0.15) is 26.3 Å². The minimum absolute atomic E-state index is 0.609. The van der Waals surface area contributed by atoms with Crippen molar-refractivity contribution >= 4 is 0 Å². The van der Waals surface area contributed by atoms with Crippen LogP contribution in [-0.2, 0) is 9.47 Å². The molecule has 1 rings (SSSR count). The van der Waals surface area contributed by atoms with Crippen LogP contribution in [0, 0.1) is 0 Å². The lowest BCUT2D eigenvalue weighted by atomic mass is 10.0. The van der Waals surface area contributed by atoms with Gasteiger partial charge in [0.25, 0.3) is 0 Å². The highest BCUT2D eigenvalue weighted by atomic mass is 19.4. The predicted octanol–water partition coefficient (Wildman–Crippen LogP) is 1.64. The molecule has 0 spiro atoms. The number of alkyl halides is 8. The third-order valence-electron chi connectivity index (χ3n) is 2.90. The zero-order valence-electron chi connectivity index (χ0n) is 10.7. The topological polar surface area (TPSA) is 58.9 Å². The molecule has 0 radical (unpaired) electrons. The van der Waals surface area contributed by atoms with Crippen molar-refractivity contribution in [2.24, 2.45) is 0 Å². The Hall–Kier alpha value is -0.720. The molecule has 0 aromatic heterocycles. The van der Waals surface area contributed by atoms with Crippen LogP contribution in [0.1, 0.15) is 6.42 Å². The van der Waals surface area contributed by atoms with Crippen molar-refractivity contribution in [3.63, 3.8) is 0 Å². The third kappa shape index (κ3) is 4.64. The van der Waals surface area contributed by atoms with E-state index in [1.54, 1.807) is 0 Å². The lowest BCUT2D eigenvalue weighted by Gasteiger charge is -2.37. The van der Waals surface area contributed by atoms with Crippen molar-refractivity contribution < 1.29 is 54.8 Å². The summed E-state index contributed by atoms with van der Waals surface area (Å²) in [7, 11) is 0. The highest BCUT2D eigenvalue weighted by Gasteiger charge is 2.60. The molecule has 0 amide bonds. The number of aliphatic hydroxyl groups excluding tert-OH is 2. The van der Waals surface area contributed by atoms with Gasteiger partial charge >= 0.3 is 18.3 Å². The van der Waals surface area contributed by atoms with E-state index in [2.05, 4.69) is 9.47 Å². The Morgan fingerprint density at radius 1 is 0.909 bits per heavy atom. The fraction of sp³-hybridized carbons (Fsp3) is 1.00. The van der Waals surface area contributed by atoms with E-state index < -0.39 is 62.3 Å². The Balaban J connectivity index is 2.74. The molecule has 1 saturated heterocycles. The van der Waals surface area contributed by atoms with Crippen LogP contribution < -0.4 is 0 Å². The average Bonchev–Trinajstić information content (AvgIpc) is 2.36. The first kappa shape index (κ1) is 19.3. The van der Waals surface area contributed by atoms with Gasteiger partial charge in [0.1, 0.15) is 6.10 Å². The summed E-state index contributed by atoms with van der Waals surface area (Å²) in [5.74, 6) is -4.82. The average molecular weight is 348 g/mol. The SMILES string of the molecule is OC(CC1COCC(C(F)(F)C(O)C(F)(F)F)O1)C(F)(F)F. The van der Waals surface area contributed by atoms with Gasteiger partial charge in [-0.15, -0.1) is 0 Å². The number of hydrogen-bond donors (Lipinski definition) is 2. The van der Waals surface area contributed by atoms with Crippen LogP contribution in [-0.4, -0.2) is 66.1 Å². The van der Waals surface area contributed by atoms with Crippen molar-refractivity contribution in [1.82, 2.24) is 0 Å². The van der Waals surface area contributed by atoms with Gasteiger partial charge in [0.15, 0.2) is 6.10 Å². The standard InChI is InChI=1S/C10H12F8O4/c11-8(12,7(20)10(16,17)18)6-3-21-2-4(22-6)1-5(19)9(13,14)15/h4-7,19-20H,1-3H2. The second kappa shape index (κ2) is 6.42. The molecule has 1 aliphatic rings. The third-order valence-corrected chi connectivity index (χ3v) is 2.90. The summed E-state index contributed by atoms with van der Waals surface area (Å²) >= 11 is 0. The fourth-order valence-electron chi connectivity index (χ4n) is 1.72. The van der Waals surface area contributed by atoms with Crippen molar-refractivity contribution in [2.45, 2.75) is 49.1 Å². The lowest BCUT2D eigenvalue weighted by Crippen LogP contribution is -2.57. The first-order chi connectivity index (χ1) is 9.76. The highest BCUT2D eigenvalue weighted by molar-refractivity contribution is 4.91. The smallest absolute Gasteiger partial charge is 0.384 e. The van der Waals surface area contributed by atoms with E-state index in [0.29, 0.717) is 0 Å². The van der Waals surface area contributed by atoms with Crippen molar-refractivity contribution in [3.8, 4) is 0 Å². The van der Waals surface area contributed by atoms with Crippen molar-refractivity contribution in [3.05, 3.63) is 0 Å². The fourth-order valence-corrected chi connectivity index (χ4v) is 1.72. The normalized spacial score (nSPS) is 27.5.